The zero-order chi connectivity index (χ0) is 13.8. The second kappa shape index (κ2) is 6.11. The maximum Gasteiger partial charge on any atom is 0.130 e. The third-order valence-corrected chi connectivity index (χ3v) is 3.55. The van der Waals surface area contributed by atoms with Gasteiger partial charge in [-0.2, -0.15) is 0 Å². The van der Waals surface area contributed by atoms with Crippen LogP contribution in [0, 0.1) is 6.92 Å². The molecule has 0 spiro atoms. The Hall–Kier alpha value is -1.78. The molecule has 1 aliphatic rings. The Morgan fingerprint density at radius 2 is 2.20 bits per heavy atom. The highest BCUT2D eigenvalue weighted by molar-refractivity contribution is 5.62. The van der Waals surface area contributed by atoms with Crippen LogP contribution in [0.25, 0.3) is 11.3 Å². The van der Waals surface area contributed by atoms with Crippen LogP contribution < -0.4 is 5.32 Å². The highest BCUT2D eigenvalue weighted by atomic mass is 16.5. The number of benzene rings is 1. The molecule has 1 N–H and O–H groups in total. The van der Waals surface area contributed by atoms with Gasteiger partial charge in [-0.05, 0) is 18.6 Å². The predicted molar refractivity (Wildman–Crippen MR) is 78.5 cm³/mol. The van der Waals surface area contributed by atoms with E-state index in [-0.39, 0.29) is 0 Å². The van der Waals surface area contributed by atoms with Gasteiger partial charge in [0.2, 0.25) is 0 Å². The summed E-state index contributed by atoms with van der Waals surface area (Å²) in [5, 5.41) is 3.43. The summed E-state index contributed by atoms with van der Waals surface area (Å²) in [7, 11) is 0. The first kappa shape index (κ1) is 13.2. The average molecular weight is 269 g/mol. The smallest absolute Gasteiger partial charge is 0.130 e. The summed E-state index contributed by atoms with van der Waals surface area (Å²) in [6.07, 6.45) is 2.65. The summed E-state index contributed by atoms with van der Waals surface area (Å²) in [5.41, 5.74) is 3.39. The van der Waals surface area contributed by atoms with Gasteiger partial charge in [-0.3, -0.25) is 0 Å². The standard InChI is InChI=1S/C16H19N3O/c1-12-4-2-3-5-14(12)15-6-7-18-16(19-15)10-13-11-20-9-8-17-13/h2-7,13,17H,8-11H2,1H3. The maximum atomic E-state index is 5.47. The third kappa shape index (κ3) is 3.03. The maximum absolute atomic E-state index is 5.47. The Balaban J connectivity index is 1.80. The minimum Gasteiger partial charge on any atom is -0.379 e. The molecule has 1 atom stereocenters. The molecule has 1 aromatic heterocycles. The fraction of sp³-hybridized carbons (Fsp3) is 0.375. The molecule has 0 radical (unpaired) electrons. The van der Waals surface area contributed by atoms with Crippen LogP contribution in [-0.4, -0.2) is 35.8 Å². The van der Waals surface area contributed by atoms with Gasteiger partial charge in [0, 0.05) is 30.8 Å². The van der Waals surface area contributed by atoms with Crippen molar-refractivity contribution >= 4 is 0 Å². The van der Waals surface area contributed by atoms with Crippen molar-refractivity contribution < 1.29 is 4.74 Å². The summed E-state index contributed by atoms with van der Waals surface area (Å²) in [5.74, 6) is 0.869. The van der Waals surface area contributed by atoms with Gasteiger partial charge in [0.25, 0.3) is 0 Å². The Labute approximate surface area is 119 Å². The molecule has 0 aliphatic carbocycles. The molecule has 3 rings (SSSR count). The Morgan fingerprint density at radius 3 is 3.00 bits per heavy atom. The van der Waals surface area contributed by atoms with E-state index in [1.165, 1.54) is 11.1 Å². The Bertz CT molecular complexity index is 579. The first-order valence-electron chi connectivity index (χ1n) is 7.02. The number of morpholine rings is 1. The number of ether oxygens (including phenoxy) is 1. The van der Waals surface area contributed by atoms with Gasteiger partial charge in [-0.15, -0.1) is 0 Å². The molecule has 0 saturated carbocycles. The van der Waals surface area contributed by atoms with Crippen LogP contribution in [-0.2, 0) is 11.2 Å². The van der Waals surface area contributed by atoms with E-state index >= 15 is 0 Å². The fourth-order valence-electron chi connectivity index (χ4n) is 2.48. The molecule has 1 aliphatic heterocycles. The quantitative estimate of drug-likeness (QED) is 0.925. The summed E-state index contributed by atoms with van der Waals surface area (Å²) in [4.78, 5) is 9.07. The summed E-state index contributed by atoms with van der Waals surface area (Å²) in [6.45, 7) is 4.54. The molecule has 1 aromatic carbocycles. The molecule has 0 amide bonds. The van der Waals surface area contributed by atoms with E-state index in [4.69, 9.17) is 9.72 Å². The van der Waals surface area contributed by atoms with Gasteiger partial charge in [-0.1, -0.05) is 24.3 Å². The SMILES string of the molecule is Cc1ccccc1-c1ccnc(CC2COCCN2)n1. The van der Waals surface area contributed by atoms with E-state index in [0.29, 0.717) is 6.04 Å². The van der Waals surface area contributed by atoms with E-state index in [0.717, 1.165) is 37.7 Å². The molecule has 0 bridgehead atoms. The predicted octanol–water partition coefficient (Wildman–Crippen LogP) is 1.98. The fourth-order valence-corrected chi connectivity index (χ4v) is 2.48. The third-order valence-electron chi connectivity index (χ3n) is 3.55. The number of hydrogen-bond acceptors (Lipinski definition) is 4. The number of hydrogen-bond donors (Lipinski definition) is 1. The van der Waals surface area contributed by atoms with Gasteiger partial charge < -0.3 is 10.1 Å². The van der Waals surface area contributed by atoms with Crippen LogP contribution in [0.1, 0.15) is 11.4 Å². The van der Waals surface area contributed by atoms with Crippen molar-refractivity contribution in [2.75, 3.05) is 19.8 Å². The molecule has 20 heavy (non-hydrogen) atoms. The molecule has 4 nitrogen and oxygen atoms in total. The second-order valence-corrected chi connectivity index (χ2v) is 5.10. The normalized spacial score (nSPS) is 18.9. The van der Waals surface area contributed by atoms with Gasteiger partial charge in [-0.25, -0.2) is 9.97 Å². The van der Waals surface area contributed by atoms with Crippen LogP contribution in [0.2, 0.25) is 0 Å². The Morgan fingerprint density at radius 1 is 1.30 bits per heavy atom. The molecule has 2 aromatic rings. The number of nitrogens with zero attached hydrogens (tertiary/aromatic N) is 2. The Kier molecular flexibility index (Phi) is 4.04. The van der Waals surface area contributed by atoms with Crippen molar-refractivity contribution in [2.45, 2.75) is 19.4 Å². The molecule has 1 fully saturated rings. The monoisotopic (exact) mass is 269 g/mol. The van der Waals surface area contributed by atoms with E-state index < -0.39 is 0 Å². The van der Waals surface area contributed by atoms with Crippen molar-refractivity contribution in [3.63, 3.8) is 0 Å². The number of aryl methyl sites for hydroxylation is 1. The topological polar surface area (TPSA) is 47.0 Å². The highest BCUT2D eigenvalue weighted by Gasteiger charge is 2.15. The molecule has 1 saturated heterocycles. The molecular weight excluding hydrogens is 250 g/mol. The van der Waals surface area contributed by atoms with Crippen LogP contribution in [0.5, 0.6) is 0 Å². The first-order chi connectivity index (χ1) is 9.83. The van der Waals surface area contributed by atoms with E-state index in [2.05, 4.69) is 29.4 Å². The van der Waals surface area contributed by atoms with Crippen LogP contribution in [0.3, 0.4) is 0 Å². The molecular formula is C16H19N3O. The molecule has 104 valence electrons. The largest absolute Gasteiger partial charge is 0.379 e. The minimum atomic E-state index is 0.316. The van der Waals surface area contributed by atoms with Gasteiger partial charge in [0.05, 0.1) is 18.9 Å². The zero-order valence-electron chi connectivity index (χ0n) is 11.7. The lowest BCUT2D eigenvalue weighted by Crippen LogP contribution is -2.42. The first-order valence-corrected chi connectivity index (χ1v) is 7.02. The number of rotatable bonds is 3. The second-order valence-electron chi connectivity index (χ2n) is 5.10. The van der Waals surface area contributed by atoms with Crippen molar-refractivity contribution in [2.24, 2.45) is 0 Å². The highest BCUT2D eigenvalue weighted by Crippen LogP contribution is 2.20. The van der Waals surface area contributed by atoms with Crippen LogP contribution in [0.4, 0.5) is 0 Å². The van der Waals surface area contributed by atoms with E-state index in [1.54, 1.807) is 0 Å². The number of aromatic nitrogens is 2. The lowest BCUT2D eigenvalue weighted by molar-refractivity contribution is 0.0764. The molecule has 2 heterocycles. The van der Waals surface area contributed by atoms with Crippen molar-refractivity contribution in [1.29, 1.82) is 0 Å². The number of nitrogens with one attached hydrogen (secondary N) is 1. The molecule has 4 heteroatoms. The average Bonchev–Trinajstić information content (AvgIpc) is 2.49. The summed E-state index contributed by atoms with van der Waals surface area (Å²) < 4.78 is 5.47. The molecule has 1 unspecified atom stereocenters. The van der Waals surface area contributed by atoms with E-state index in [9.17, 15) is 0 Å². The zero-order valence-corrected chi connectivity index (χ0v) is 11.7. The van der Waals surface area contributed by atoms with Crippen molar-refractivity contribution in [3.8, 4) is 11.3 Å². The van der Waals surface area contributed by atoms with Crippen LogP contribution in [0.15, 0.2) is 36.5 Å². The minimum absolute atomic E-state index is 0.316. The van der Waals surface area contributed by atoms with Gasteiger partial charge in [0.1, 0.15) is 5.82 Å². The summed E-state index contributed by atoms with van der Waals surface area (Å²) in [6, 6.07) is 10.6. The van der Waals surface area contributed by atoms with Crippen LogP contribution >= 0.6 is 0 Å². The summed E-state index contributed by atoms with van der Waals surface area (Å²) >= 11 is 0. The van der Waals surface area contributed by atoms with Crippen molar-refractivity contribution in [1.82, 2.24) is 15.3 Å². The van der Waals surface area contributed by atoms with Crippen molar-refractivity contribution in [3.05, 3.63) is 47.9 Å². The van der Waals surface area contributed by atoms with E-state index in [1.807, 2.05) is 24.4 Å². The lowest BCUT2D eigenvalue weighted by atomic mass is 10.1. The van der Waals surface area contributed by atoms with Gasteiger partial charge in [0.15, 0.2) is 0 Å². The van der Waals surface area contributed by atoms with Gasteiger partial charge >= 0.3 is 0 Å². The lowest BCUT2D eigenvalue weighted by Gasteiger charge is -2.23.